The van der Waals surface area contributed by atoms with E-state index in [0.717, 1.165) is 37.1 Å². The Morgan fingerprint density at radius 1 is 1.25 bits per heavy atom. The predicted octanol–water partition coefficient (Wildman–Crippen LogP) is 4.27. The normalized spacial score (nSPS) is 17.4. The van der Waals surface area contributed by atoms with Gasteiger partial charge in [0.05, 0.1) is 16.4 Å². The van der Waals surface area contributed by atoms with Crippen LogP contribution in [0.5, 0.6) is 5.88 Å². The molecule has 1 unspecified atom stereocenters. The maximum atomic E-state index is 9.04. The zero-order valence-electron chi connectivity index (χ0n) is 13.5. The molecule has 5 heteroatoms. The maximum absolute atomic E-state index is 9.04. The molecule has 0 saturated carbocycles. The maximum Gasteiger partial charge on any atom is 0.214 e. The summed E-state index contributed by atoms with van der Waals surface area (Å²) in [7, 11) is 0. The molecule has 1 N–H and O–H groups in total. The summed E-state index contributed by atoms with van der Waals surface area (Å²) < 4.78 is 5.75. The van der Waals surface area contributed by atoms with Gasteiger partial charge in [-0.2, -0.15) is 0 Å². The molecule has 0 aliphatic heterocycles. The number of halogens is 1. The molecule has 0 radical (unpaired) electrons. The van der Waals surface area contributed by atoms with Crippen molar-refractivity contribution in [3.05, 3.63) is 59.0 Å². The summed E-state index contributed by atoms with van der Waals surface area (Å²) in [4.78, 5) is 8.82. The zero-order valence-corrected chi connectivity index (χ0v) is 14.2. The number of rotatable bonds is 6. The van der Waals surface area contributed by atoms with Crippen molar-refractivity contribution in [2.75, 3.05) is 6.61 Å². The minimum atomic E-state index is 0.272. The van der Waals surface area contributed by atoms with E-state index < -0.39 is 0 Å². The lowest BCUT2D eigenvalue weighted by Crippen LogP contribution is -2.08. The fourth-order valence-corrected chi connectivity index (χ4v) is 2.99. The lowest BCUT2D eigenvalue weighted by Gasteiger charge is -2.21. The van der Waals surface area contributed by atoms with Gasteiger partial charge < -0.3 is 9.84 Å². The van der Waals surface area contributed by atoms with Crippen molar-refractivity contribution in [2.45, 2.75) is 32.3 Å². The molecule has 0 amide bonds. The fourth-order valence-electron chi connectivity index (χ4n) is 2.88. The van der Waals surface area contributed by atoms with E-state index in [2.05, 4.69) is 16.0 Å². The molecule has 2 aromatic rings. The first-order valence-corrected chi connectivity index (χ1v) is 8.63. The Bertz CT molecular complexity index is 701. The van der Waals surface area contributed by atoms with E-state index >= 15 is 0 Å². The average Bonchev–Trinajstić information content (AvgIpc) is 2.62. The lowest BCUT2D eigenvalue weighted by molar-refractivity contribution is 0.251. The molecule has 0 saturated heterocycles. The van der Waals surface area contributed by atoms with Crippen LogP contribution >= 0.6 is 11.6 Å². The van der Waals surface area contributed by atoms with Crippen LogP contribution in [-0.4, -0.2) is 21.7 Å². The second-order valence-corrected chi connectivity index (χ2v) is 6.44. The summed E-state index contributed by atoms with van der Waals surface area (Å²) in [5.41, 5.74) is 3.05. The molecule has 1 aliphatic carbocycles. The van der Waals surface area contributed by atoms with Gasteiger partial charge in [0.15, 0.2) is 0 Å². The smallest absolute Gasteiger partial charge is 0.214 e. The van der Waals surface area contributed by atoms with E-state index in [-0.39, 0.29) is 6.61 Å². The Hall–Kier alpha value is -1.91. The quantitative estimate of drug-likeness (QED) is 0.850. The third kappa shape index (κ3) is 4.56. The average molecular weight is 345 g/mol. The van der Waals surface area contributed by atoms with E-state index in [1.807, 2.05) is 24.3 Å². The fraction of sp³-hybridized carbons (Fsp3) is 0.368. The number of aromatic nitrogens is 2. The highest BCUT2D eigenvalue weighted by molar-refractivity contribution is 6.30. The third-order valence-electron chi connectivity index (χ3n) is 4.27. The molecular weight excluding hydrogens is 324 g/mol. The highest BCUT2D eigenvalue weighted by Gasteiger charge is 2.16. The van der Waals surface area contributed by atoms with Gasteiger partial charge in [0, 0.05) is 18.9 Å². The largest absolute Gasteiger partial charge is 0.471 e. The summed E-state index contributed by atoms with van der Waals surface area (Å²) in [6.07, 6.45) is 7.86. The number of allylic oxidation sites excluding steroid dienone is 2. The molecule has 0 fully saturated rings. The first-order chi connectivity index (χ1) is 11.7. The van der Waals surface area contributed by atoms with Crippen molar-refractivity contribution in [3.63, 3.8) is 0 Å². The van der Waals surface area contributed by atoms with E-state index in [4.69, 9.17) is 21.4 Å². The van der Waals surface area contributed by atoms with Crippen molar-refractivity contribution < 1.29 is 9.84 Å². The topological polar surface area (TPSA) is 55.2 Å². The standard InChI is InChI=1S/C19H21ClN2O2/c20-16-8-9-17(21-12-16)13-24-19-3-1-2-18(22-19)15-6-4-14(5-7-15)10-11-23/h1-3,6,8-9,12,14,23H,4-5,7,10-11,13H2. The number of aliphatic hydroxyl groups excluding tert-OH is 1. The van der Waals surface area contributed by atoms with Gasteiger partial charge >= 0.3 is 0 Å². The first-order valence-electron chi connectivity index (χ1n) is 8.25. The van der Waals surface area contributed by atoms with E-state index in [1.54, 1.807) is 12.3 Å². The van der Waals surface area contributed by atoms with E-state index in [1.165, 1.54) is 5.57 Å². The Morgan fingerprint density at radius 2 is 2.17 bits per heavy atom. The van der Waals surface area contributed by atoms with Gasteiger partial charge in [0.1, 0.15) is 6.61 Å². The van der Waals surface area contributed by atoms with Crippen molar-refractivity contribution in [1.29, 1.82) is 0 Å². The van der Waals surface area contributed by atoms with Crippen molar-refractivity contribution >= 4 is 17.2 Å². The second kappa shape index (κ2) is 8.27. The molecular formula is C19H21ClN2O2. The van der Waals surface area contributed by atoms with Gasteiger partial charge in [0.25, 0.3) is 0 Å². The van der Waals surface area contributed by atoms with Crippen molar-refractivity contribution in [2.24, 2.45) is 5.92 Å². The number of aliphatic hydroxyl groups is 1. The van der Waals surface area contributed by atoms with Gasteiger partial charge in [-0.15, -0.1) is 0 Å². The minimum Gasteiger partial charge on any atom is -0.471 e. The monoisotopic (exact) mass is 344 g/mol. The summed E-state index contributed by atoms with van der Waals surface area (Å²) in [6.45, 7) is 0.638. The Morgan fingerprint density at radius 3 is 2.88 bits per heavy atom. The molecule has 2 heterocycles. The molecule has 1 aliphatic rings. The Kier molecular flexibility index (Phi) is 5.83. The number of hydrogen-bond acceptors (Lipinski definition) is 4. The number of nitrogens with zero attached hydrogens (tertiary/aromatic N) is 2. The highest BCUT2D eigenvalue weighted by Crippen LogP contribution is 2.31. The van der Waals surface area contributed by atoms with Crippen molar-refractivity contribution in [3.8, 4) is 5.88 Å². The van der Waals surface area contributed by atoms with Crippen LogP contribution in [0.3, 0.4) is 0 Å². The summed E-state index contributed by atoms with van der Waals surface area (Å²) in [6, 6.07) is 9.49. The van der Waals surface area contributed by atoms with Crippen molar-refractivity contribution in [1.82, 2.24) is 9.97 Å². The van der Waals surface area contributed by atoms with Gasteiger partial charge in [-0.3, -0.25) is 4.98 Å². The SMILES string of the molecule is OCCC1CC=C(c2cccc(OCc3ccc(Cl)cn3)n2)CC1. The van der Waals surface area contributed by atoms with E-state index in [9.17, 15) is 0 Å². The summed E-state index contributed by atoms with van der Waals surface area (Å²) in [5.74, 6) is 1.19. The molecule has 24 heavy (non-hydrogen) atoms. The van der Waals surface area contributed by atoms with Crippen LogP contribution < -0.4 is 4.74 Å². The van der Waals surface area contributed by atoms with E-state index in [0.29, 0.717) is 23.4 Å². The minimum absolute atomic E-state index is 0.272. The van der Waals surface area contributed by atoms with Crippen LogP contribution in [-0.2, 0) is 6.61 Å². The molecule has 3 rings (SSSR count). The van der Waals surface area contributed by atoms with Crippen LogP contribution in [0, 0.1) is 5.92 Å². The zero-order chi connectivity index (χ0) is 16.8. The van der Waals surface area contributed by atoms with Gasteiger partial charge in [-0.1, -0.05) is 23.7 Å². The summed E-state index contributed by atoms with van der Waals surface area (Å²) in [5, 5.41) is 9.66. The van der Waals surface area contributed by atoms with Gasteiger partial charge in [-0.05, 0) is 55.4 Å². The molecule has 2 aromatic heterocycles. The third-order valence-corrected chi connectivity index (χ3v) is 4.49. The van der Waals surface area contributed by atoms with Gasteiger partial charge in [-0.25, -0.2) is 4.98 Å². The van der Waals surface area contributed by atoms with Crippen LogP contribution in [0.1, 0.15) is 37.1 Å². The molecule has 1 atom stereocenters. The molecule has 126 valence electrons. The Labute approximate surface area is 147 Å². The highest BCUT2D eigenvalue weighted by atomic mass is 35.5. The predicted molar refractivity (Wildman–Crippen MR) is 94.8 cm³/mol. The van der Waals surface area contributed by atoms with Gasteiger partial charge in [0.2, 0.25) is 5.88 Å². The number of ether oxygens (including phenoxy) is 1. The second-order valence-electron chi connectivity index (χ2n) is 6.00. The van der Waals surface area contributed by atoms with Crippen LogP contribution in [0.4, 0.5) is 0 Å². The number of pyridine rings is 2. The van der Waals surface area contributed by atoms with Crippen LogP contribution in [0.2, 0.25) is 5.02 Å². The van der Waals surface area contributed by atoms with Crippen LogP contribution in [0.25, 0.3) is 5.57 Å². The van der Waals surface area contributed by atoms with Crippen LogP contribution in [0.15, 0.2) is 42.6 Å². The molecule has 0 spiro atoms. The summed E-state index contributed by atoms with van der Waals surface area (Å²) >= 11 is 5.83. The number of hydrogen-bond donors (Lipinski definition) is 1. The molecule has 0 aromatic carbocycles. The molecule has 4 nitrogen and oxygen atoms in total. The Balaban J connectivity index is 1.63. The first kappa shape index (κ1) is 16.9. The lowest BCUT2D eigenvalue weighted by atomic mass is 9.86. The molecule has 0 bridgehead atoms.